The number of amides is 3. The fourth-order valence-corrected chi connectivity index (χ4v) is 5.60. The van der Waals surface area contributed by atoms with Crippen molar-refractivity contribution in [3.8, 4) is 0 Å². The molecular formula is C22H20BrN3O3. The maximum atomic E-state index is 13.7. The predicted molar refractivity (Wildman–Crippen MR) is 113 cm³/mol. The number of rotatable bonds is 3. The molecule has 148 valence electrons. The lowest BCUT2D eigenvalue weighted by Crippen LogP contribution is -2.55. The maximum Gasteiger partial charge on any atom is 0.252 e. The van der Waals surface area contributed by atoms with Crippen molar-refractivity contribution in [3.63, 3.8) is 0 Å². The number of carbonyl (C=O) groups is 3. The first kappa shape index (κ1) is 18.5. The monoisotopic (exact) mass is 453 g/mol. The average Bonchev–Trinajstić information content (AvgIpc) is 3.27. The number of carbonyl (C=O) groups excluding carboxylic acids is 3. The zero-order valence-corrected chi connectivity index (χ0v) is 17.4. The minimum Gasteiger partial charge on any atom is -0.309 e. The van der Waals surface area contributed by atoms with Gasteiger partial charge >= 0.3 is 0 Å². The van der Waals surface area contributed by atoms with Gasteiger partial charge < -0.3 is 4.90 Å². The zero-order valence-electron chi connectivity index (χ0n) is 15.8. The van der Waals surface area contributed by atoms with E-state index in [-0.39, 0.29) is 23.8 Å². The van der Waals surface area contributed by atoms with Crippen molar-refractivity contribution < 1.29 is 14.4 Å². The number of nitrogens with one attached hydrogen (secondary N) is 1. The van der Waals surface area contributed by atoms with Crippen molar-refractivity contribution in [2.24, 2.45) is 11.8 Å². The Labute approximate surface area is 177 Å². The fraction of sp³-hybridized carbons (Fsp3) is 0.318. The molecule has 1 spiro atoms. The van der Waals surface area contributed by atoms with Gasteiger partial charge in [-0.25, -0.2) is 4.90 Å². The highest BCUT2D eigenvalue weighted by Gasteiger charge is 2.70. The Balaban J connectivity index is 1.67. The quantitative estimate of drug-likeness (QED) is 0.572. The van der Waals surface area contributed by atoms with Gasteiger partial charge in [-0.05, 0) is 25.1 Å². The van der Waals surface area contributed by atoms with Crippen LogP contribution in [0.2, 0.25) is 0 Å². The van der Waals surface area contributed by atoms with E-state index in [1.807, 2.05) is 37.3 Å². The molecule has 6 nitrogen and oxygen atoms in total. The summed E-state index contributed by atoms with van der Waals surface area (Å²) in [5.41, 5.74) is 0.923. The molecule has 2 fully saturated rings. The summed E-state index contributed by atoms with van der Waals surface area (Å²) in [7, 11) is 0. The summed E-state index contributed by atoms with van der Waals surface area (Å²) in [6.07, 6.45) is 0. The third-order valence-corrected chi connectivity index (χ3v) is 6.69. The molecule has 29 heavy (non-hydrogen) atoms. The third-order valence-electron chi connectivity index (χ3n) is 6.34. The summed E-state index contributed by atoms with van der Waals surface area (Å²) in [4.78, 5) is 43.6. The minimum absolute atomic E-state index is 0.159. The van der Waals surface area contributed by atoms with Crippen LogP contribution in [0, 0.1) is 11.8 Å². The Morgan fingerprint density at radius 3 is 2.41 bits per heavy atom. The van der Waals surface area contributed by atoms with Crippen LogP contribution >= 0.6 is 15.9 Å². The van der Waals surface area contributed by atoms with Crippen LogP contribution in [0.25, 0.3) is 0 Å². The Morgan fingerprint density at radius 2 is 1.69 bits per heavy atom. The number of para-hydroxylation sites is 2. The van der Waals surface area contributed by atoms with E-state index in [9.17, 15) is 14.4 Å². The van der Waals surface area contributed by atoms with Crippen LogP contribution < -0.4 is 15.1 Å². The van der Waals surface area contributed by atoms with Gasteiger partial charge in [-0.2, -0.15) is 0 Å². The fourth-order valence-electron chi connectivity index (χ4n) is 5.25. The molecule has 0 aliphatic carbocycles. The highest BCUT2D eigenvalue weighted by Crippen LogP contribution is 2.54. The first-order valence-corrected chi connectivity index (χ1v) is 10.8. The number of hydrogen-bond donors (Lipinski definition) is 1. The molecule has 0 saturated carbocycles. The molecular weight excluding hydrogens is 434 g/mol. The molecule has 0 radical (unpaired) electrons. The normalized spacial score (nSPS) is 30.4. The number of benzene rings is 2. The minimum atomic E-state index is -1.21. The van der Waals surface area contributed by atoms with Crippen molar-refractivity contribution >= 4 is 45.0 Å². The first-order chi connectivity index (χ1) is 14.0. The molecule has 2 aromatic rings. The van der Waals surface area contributed by atoms with Crippen molar-refractivity contribution in [3.05, 3.63) is 60.2 Å². The Hall–Kier alpha value is -2.51. The van der Waals surface area contributed by atoms with Gasteiger partial charge in [-0.1, -0.05) is 52.3 Å². The lowest BCUT2D eigenvalue weighted by molar-refractivity contribution is -0.132. The SMILES string of the molecule is CC1NC2(C(=O)N(CCBr)c3ccccc32)C2C(=O)N(c3ccccc3)C(=O)C12. The van der Waals surface area contributed by atoms with Crippen LogP contribution in [0.1, 0.15) is 12.5 Å². The molecule has 4 atom stereocenters. The molecule has 3 aliphatic heterocycles. The average molecular weight is 454 g/mol. The molecule has 5 rings (SSSR count). The van der Waals surface area contributed by atoms with Crippen molar-refractivity contribution in [1.29, 1.82) is 0 Å². The lowest BCUT2D eigenvalue weighted by Gasteiger charge is -2.30. The Bertz CT molecular complexity index is 1030. The summed E-state index contributed by atoms with van der Waals surface area (Å²) in [5, 5.41) is 4.00. The third kappa shape index (κ3) is 2.28. The molecule has 3 heterocycles. The van der Waals surface area contributed by atoms with Crippen LogP contribution in [0.15, 0.2) is 54.6 Å². The number of anilines is 2. The van der Waals surface area contributed by atoms with E-state index >= 15 is 0 Å². The number of halogens is 1. The van der Waals surface area contributed by atoms with Crippen LogP contribution in [0.3, 0.4) is 0 Å². The largest absolute Gasteiger partial charge is 0.309 e. The second-order valence-corrected chi connectivity index (χ2v) is 8.55. The van der Waals surface area contributed by atoms with Gasteiger partial charge in [-0.15, -0.1) is 0 Å². The smallest absolute Gasteiger partial charge is 0.252 e. The summed E-state index contributed by atoms with van der Waals surface area (Å²) in [5.74, 6) is -2.06. The van der Waals surface area contributed by atoms with Gasteiger partial charge in [0, 0.05) is 29.2 Å². The van der Waals surface area contributed by atoms with Crippen LogP contribution in [-0.4, -0.2) is 35.6 Å². The Kier molecular flexibility index (Phi) is 4.15. The second-order valence-electron chi connectivity index (χ2n) is 7.75. The van der Waals surface area contributed by atoms with Crippen LogP contribution in [0.5, 0.6) is 0 Å². The molecule has 3 aliphatic rings. The summed E-state index contributed by atoms with van der Waals surface area (Å²) >= 11 is 3.42. The molecule has 2 saturated heterocycles. The molecule has 2 aromatic carbocycles. The molecule has 4 unspecified atom stereocenters. The predicted octanol–water partition coefficient (Wildman–Crippen LogP) is 2.42. The standard InChI is InChI=1S/C22H20BrN3O3/c1-13-17-18(20(28)26(19(17)27)14-7-3-2-4-8-14)22(24-13)15-9-5-6-10-16(15)25(12-11-23)21(22)29/h2-10,13,17-18,24H,11-12H2,1H3. The van der Waals surface area contributed by atoms with E-state index in [4.69, 9.17) is 0 Å². The Morgan fingerprint density at radius 1 is 1.00 bits per heavy atom. The van der Waals surface area contributed by atoms with E-state index in [1.54, 1.807) is 29.2 Å². The number of hydrogen-bond acceptors (Lipinski definition) is 4. The summed E-state index contributed by atoms with van der Waals surface area (Å²) < 4.78 is 0. The van der Waals surface area contributed by atoms with E-state index < -0.39 is 17.4 Å². The second kappa shape index (κ2) is 6.50. The highest BCUT2D eigenvalue weighted by atomic mass is 79.9. The highest BCUT2D eigenvalue weighted by molar-refractivity contribution is 9.09. The van der Waals surface area contributed by atoms with E-state index in [2.05, 4.69) is 21.2 Å². The molecule has 0 bridgehead atoms. The topological polar surface area (TPSA) is 69.7 Å². The number of alkyl halides is 1. The van der Waals surface area contributed by atoms with Gasteiger partial charge in [-0.3, -0.25) is 19.7 Å². The number of imide groups is 1. The van der Waals surface area contributed by atoms with Crippen molar-refractivity contribution in [1.82, 2.24) is 5.32 Å². The van der Waals surface area contributed by atoms with E-state index in [1.165, 1.54) is 4.90 Å². The van der Waals surface area contributed by atoms with Gasteiger partial charge in [0.2, 0.25) is 11.8 Å². The van der Waals surface area contributed by atoms with Gasteiger partial charge in [0.25, 0.3) is 5.91 Å². The summed E-state index contributed by atoms with van der Waals surface area (Å²) in [6, 6.07) is 16.2. The zero-order chi connectivity index (χ0) is 20.3. The molecule has 1 N–H and O–H groups in total. The van der Waals surface area contributed by atoms with Gasteiger partial charge in [0.05, 0.1) is 17.5 Å². The number of fused-ring (bicyclic) bond motifs is 4. The van der Waals surface area contributed by atoms with Crippen molar-refractivity contribution in [2.45, 2.75) is 18.5 Å². The van der Waals surface area contributed by atoms with E-state index in [0.717, 1.165) is 11.3 Å². The lowest BCUT2D eigenvalue weighted by atomic mass is 9.76. The van der Waals surface area contributed by atoms with Gasteiger partial charge in [0.15, 0.2) is 0 Å². The molecule has 0 aromatic heterocycles. The molecule has 3 amide bonds. The molecule has 7 heteroatoms. The van der Waals surface area contributed by atoms with Crippen molar-refractivity contribution in [2.75, 3.05) is 21.7 Å². The first-order valence-electron chi connectivity index (χ1n) is 9.70. The van der Waals surface area contributed by atoms with Gasteiger partial charge in [0.1, 0.15) is 5.54 Å². The van der Waals surface area contributed by atoms with Crippen LogP contribution in [-0.2, 0) is 19.9 Å². The van der Waals surface area contributed by atoms with E-state index in [0.29, 0.717) is 17.6 Å². The van der Waals surface area contributed by atoms with Crippen LogP contribution in [0.4, 0.5) is 11.4 Å². The summed E-state index contributed by atoms with van der Waals surface area (Å²) in [6.45, 7) is 2.38. The maximum absolute atomic E-state index is 13.7. The number of nitrogens with zero attached hydrogens (tertiary/aromatic N) is 2.